The van der Waals surface area contributed by atoms with Crippen LogP contribution in [0.4, 0.5) is 0 Å². The summed E-state index contributed by atoms with van der Waals surface area (Å²) in [5, 5.41) is 11.9. The molecule has 10 heteroatoms. The van der Waals surface area contributed by atoms with E-state index in [-0.39, 0.29) is 35.8 Å². The summed E-state index contributed by atoms with van der Waals surface area (Å²) in [6.07, 6.45) is 1.39. The maximum Gasteiger partial charge on any atom is 0.303 e. The van der Waals surface area contributed by atoms with Crippen LogP contribution in [-0.2, 0) is 14.4 Å². The first kappa shape index (κ1) is 21.0. The summed E-state index contributed by atoms with van der Waals surface area (Å²) in [6, 6.07) is 8.28. The average Bonchev–Trinajstić information content (AvgIpc) is 3.12. The molecular formula is C19H14Cl2N2O5S. The van der Waals surface area contributed by atoms with Gasteiger partial charge in [0.15, 0.2) is 5.11 Å². The van der Waals surface area contributed by atoms with Crippen molar-refractivity contribution in [1.29, 1.82) is 0 Å². The summed E-state index contributed by atoms with van der Waals surface area (Å²) in [7, 11) is 0. The van der Waals surface area contributed by atoms with Crippen molar-refractivity contribution in [3.05, 3.63) is 51.7 Å². The molecule has 0 aliphatic carbocycles. The van der Waals surface area contributed by atoms with E-state index in [1.807, 2.05) is 0 Å². The van der Waals surface area contributed by atoms with Crippen LogP contribution in [0.1, 0.15) is 18.6 Å². The zero-order valence-corrected chi connectivity index (χ0v) is 17.1. The molecule has 1 aromatic heterocycles. The number of carbonyl (C=O) groups excluding carboxylic acids is 2. The summed E-state index contributed by atoms with van der Waals surface area (Å²) in [6.45, 7) is 0.0776. The Kier molecular flexibility index (Phi) is 6.36. The largest absolute Gasteiger partial charge is 0.481 e. The van der Waals surface area contributed by atoms with E-state index in [4.69, 9.17) is 44.9 Å². The lowest BCUT2D eigenvalue weighted by Crippen LogP contribution is -2.54. The molecule has 7 nitrogen and oxygen atoms in total. The van der Waals surface area contributed by atoms with Crippen LogP contribution in [0.2, 0.25) is 10.0 Å². The highest BCUT2D eigenvalue weighted by atomic mass is 35.5. The number of thiocarbonyl (C=S) groups is 1. The van der Waals surface area contributed by atoms with E-state index >= 15 is 0 Å². The van der Waals surface area contributed by atoms with Crippen molar-refractivity contribution >= 4 is 64.4 Å². The molecule has 1 fully saturated rings. The Morgan fingerprint density at radius 2 is 1.97 bits per heavy atom. The van der Waals surface area contributed by atoms with Crippen LogP contribution in [0, 0.1) is 0 Å². The lowest BCUT2D eigenvalue weighted by atomic mass is 10.1. The number of carboxylic acid groups (broad SMARTS) is 1. The molecule has 150 valence electrons. The van der Waals surface area contributed by atoms with Gasteiger partial charge in [-0.15, -0.1) is 0 Å². The van der Waals surface area contributed by atoms with E-state index in [0.29, 0.717) is 21.4 Å². The van der Waals surface area contributed by atoms with Gasteiger partial charge in [0.1, 0.15) is 17.1 Å². The van der Waals surface area contributed by atoms with Crippen molar-refractivity contribution in [2.24, 2.45) is 0 Å². The van der Waals surface area contributed by atoms with Crippen molar-refractivity contribution in [2.75, 3.05) is 6.54 Å². The average molecular weight is 453 g/mol. The number of aliphatic carboxylic acids is 1. The number of carbonyl (C=O) groups is 3. The van der Waals surface area contributed by atoms with Crippen LogP contribution in [0.15, 0.2) is 40.3 Å². The first-order valence-corrected chi connectivity index (χ1v) is 9.58. The number of benzene rings is 1. The fourth-order valence-corrected chi connectivity index (χ4v) is 3.23. The fourth-order valence-electron chi connectivity index (χ4n) is 2.66. The van der Waals surface area contributed by atoms with Crippen molar-refractivity contribution in [3.8, 4) is 11.3 Å². The molecule has 2 amide bonds. The minimum Gasteiger partial charge on any atom is -0.481 e. The number of amides is 2. The molecule has 0 spiro atoms. The molecule has 1 aliphatic rings. The van der Waals surface area contributed by atoms with Crippen molar-refractivity contribution in [3.63, 3.8) is 0 Å². The first-order chi connectivity index (χ1) is 13.8. The minimum absolute atomic E-state index is 0.0570. The second-order valence-electron chi connectivity index (χ2n) is 6.10. The van der Waals surface area contributed by atoms with Gasteiger partial charge in [-0.05, 0) is 55.0 Å². The molecule has 0 radical (unpaired) electrons. The highest BCUT2D eigenvalue weighted by molar-refractivity contribution is 7.80. The Hall–Kier alpha value is -2.68. The highest BCUT2D eigenvalue weighted by Crippen LogP contribution is 2.30. The molecule has 0 saturated carbocycles. The van der Waals surface area contributed by atoms with Crippen LogP contribution in [-0.4, -0.2) is 39.4 Å². The lowest BCUT2D eigenvalue weighted by Gasteiger charge is -2.28. The third-order valence-electron chi connectivity index (χ3n) is 4.08. The molecule has 1 aromatic carbocycles. The second kappa shape index (κ2) is 8.77. The van der Waals surface area contributed by atoms with Crippen LogP contribution < -0.4 is 5.32 Å². The van der Waals surface area contributed by atoms with Gasteiger partial charge in [-0.2, -0.15) is 0 Å². The number of nitrogens with one attached hydrogen (secondary N) is 1. The van der Waals surface area contributed by atoms with Crippen LogP contribution in [0.3, 0.4) is 0 Å². The quantitative estimate of drug-likeness (QED) is 0.393. The van der Waals surface area contributed by atoms with E-state index in [1.165, 1.54) is 6.08 Å². The van der Waals surface area contributed by atoms with E-state index in [9.17, 15) is 14.4 Å². The Bertz CT molecular complexity index is 1050. The summed E-state index contributed by atoms with van der Waals surface area (Å²) in [4.78, 5) is 36.7. The van der Waals surface area contributed by atoms with Gasteiger partial charge in [-0.1, -0.05) is 23.2 Å². The molecular weight excluding hydrogens is 439 g/mol. The van der Waals surface area contributed by atoms with Gasteiger partial charge in [0, 0.05) is 18.5 Å². The predicted octanol–water partition coefficient (Wildman–Crippen LogP) is 3.74. The van der Waals surface area contributed by atoms with E-state index in [0.717, 1.165) is 4.90 Å². The highest BCUT2D eigenvalue weighted by Gasteiger charge is 2.33. The summed E-state index contributed by atoms with van der Waals surface area (Å²) >= 11 is 16.9. The second-order valence-corrected chi connectivity index (χ2v) is 7.30. The maximum absolute atomic E-state index is 12.7. The normalized spacial score (nSPS) is 15.7. The Balaban J connectivity index is 1.82. The van der Waals surface area contributed by atoms with Gasteiger partial charge in [0.25, 0.3) is 11.8 Å². The third kappa shape index (κ3) is 4.84. The van der Waals surface area contributed by atoms with Gasteiger partial charge < -0.3 is 9.52 Å². The first-order valence-electron chi connectivity index (χ1n) is 8.42. The predicted molar refractivity (Wildman–Crippen MR) is 111 cm³/mol. The molecule has 0 unspecified atom stereocenters. The Labute approximate surface area is 180 Å². The monoisotopic (exact) mass is 452 g/mol. The number of hydrogen-bond acceptors (Lipinski definition) is 5. The van der Waals surface area contributed by atoms with Crippen LogP contribution in [0.5, 0.6) is 0 Å². The summed E-state index contributed by atoms with van der Waals surface area (Å²) in [5.74, 6) is -1.49. The SMILES string of the molecule is O=C(O)CCCN1C(=O)/C(=C/c2ccc(-c3ccc(Cl)c(Cl)c3)o2)C(=O)NC1=S. The third-order valence-corrected chi connectivity index (χ3v) is 5.14. The van der Waals surface area contributed by atoms with Crippen molar-refractivity contribution < 1.29 is 23.9 Å². The van der Waals surface area contributed by atoms with Crippen molar-refractivity contribution in [2.45, 2.75) is 12.8 Å². The molecule has 0 bridgehead atoms. The zero-order chi connectivity index (χ0) is 21.1. The number of furan rings is 1. The summed E-state index contributed by atoms with van der Waals surface area (Å²) < 4.78 is 5.70. The Morgan fingerprint density at radius 3 is 2.66 bits per heavy atom. The number of nitrogens with zero attached hydrogens (tertiary/aromatic N) is 1. The number of halogens is 2. The topological polar surface area (TPSA) is 99.8 Å². The zero-order valence-electron chi connectivity index (χ0n) is 14.8. The molecule has 3 rings (SSSR count). The van der Waals surface area contributed by atoms with Crippen LogP contribution >= 0.6 is 35.4 Å². The Morgan fingerprint density at radius 1 is 1.21 bits per heavy atom. The molecule has 29 heavy (non-hydrogen) atoms. The van der Waals surface area contributed by atoms with E-state index in [2.05, 4.69) is 5.32 Å². The lowest BCUT2D eigenvalue weighted by molar-refractivity contribution is -0.137. The molecule has 1 saturated heterocycles. The van der Waals surface area contributed by atoms with Crippen molar-refractivity contribution in [1.82, 2.24) is 10.2 Å². The van der Waals surface area contributed by atoms with Gasteiger partial charge in [0.2, 0.25) is 0 Å². The van der Waals surface area contributed by atoms with E-state index in [1.54, 1.807) is 30.3 Å². The van der Waals surface area contributed by atoms with Crippen LogP contribution in [0.25, 0.3) is 17.4 Å². The van der Waals surface area contributed by atoms with Gasteiger partial charge in [0.05, 0.1) is 10.0 Å². The minimum atomic E-state index is -0.981. The maximum atomic E-state index is 12.7. The molecule has 1 aliphatic heterocycles. The smallest absolute Gasteiger partial charge is 0.303 e. The standard InChI is InChI=1S/C19H14Cl2N2O5S/c20-13-5-3-10(8-14(13)21)15-6-4-11(28-15)9-12-17(26)22-19(29)23(18(12)27)7-1-2-16(24)25/h3-6,8-9H,1-2,7H2,(H,24,25)(H,22,26,29)/b12-9+. The number of carboxylic acids is 1. The van der Waals surface area contributed by atoms with E-state index < -0.39 is 17.8 Å². The molecule has 0 atom stereocenters. The summed E-state index contributed by atoms with van der Waals surface area (Å²) in [5.41, 5.74) is 0.518. The molecule has 2 N–H and O–H groups in total. The molecule has 2 aromatic rings. The van der Waals surface area contributed by atoms with Gasteiger partial charge in [-0.25, -0.2) is 0 Å². The fraction of sp³-hybridized carbons (Fsp3) is 0.158. The number of rotatable bonds is 6. The van der Waals surface area contributed by atoms with Gasteiger partial charge >= 0.3 is 5.97 Å². The molecule has 2 heterocycles. The van der Waals surface area contributed by atoms with Gasteiger partial charge in [-0.3, -0.25) is 24.6 Å². The number of hydrogen-bond donors (Lipinski definition) is 2.